The molecule has 0 spiro atoms. The molecular weight excluding hydrogens is 520 g/mol. The molecule has 0 saturated carbocycles. The van der Waals surface area contributed by atoms with E-state index in [1.807, 2.05) is 72.5 Å². The molecule has 2 N–H and O–H groups in total. The lowest BCUT2D eigenvalue weighted by Crippen LogP contribution is -2.48. The number of nitrogens with one attached hydrogen (secondary N) is 2. The third-order valence-corrected chi connectivity index (χ3v) is 6.41. The van der Waals surface area contributed by atoms with Crippen LogP contribution in [0.2, 0.25) is 5.02 Å². The van der Waals surface area contributed by atoms with Gasteiger partial charge in [0.2, 0.25) is 5.91 Å². The van der Waals surface area contributed by atoms with Gasteiger partial charge in [-0.2, -0.15) is 0 Å². The van der Waals surface area contributed by atoms with Gasteiger partial charge >= 0.3 is 0 Å². The molecule has 1 aliphatic heterocycles. The summed E-state index contributed by atoms with van der Waals surface area (Å²) in [5.74, 6) is 0.229. The number of aryl methyl sites for hydroxylation is 1. The van der Waals surface area contributed by atoms with Gasteiger partial charge in [0.25, 0.3) is 5.91 Å². The molecule has 38 heavy (non-hydrogen) atoms. The maximum Gasteiger partial charge on any atom is 0.264 e. The first kappa shape index (κ1) is 27.2. The number of nitrogens with zero attached hydrogens (tertiary/aromatic N) is 2. The zero-order valence-corrected chi connectivity index (χ0v) is 22.6. The van der Waals surface area contributed by atoms with Gasteiger partial charge in [0.1, 0.15) is 5.75 Å². The first-order valence-electron chi connectivity index (χ1n) is 12.2. The molecule has 4 rings (SSSR count). The highest BCUT2D eigenvalue weighted by Gasteiger charge is 2.22. The van der Waals surface area contributed by atoms with Crippen molar-refractivity contribution in [1.82, 2.24) is 10.2 Å². The quantitative estimate of drug-likeness (QED) is 0.323. The summed E-state index contributed by atoms with van der Waals surface area (Å²) in [4.78, 5) is 29.0. The second-order valence-electron chi connectivity index (χ2n) is 8.83. The summed E-state index contributed by atoms with van der Waals surface area (Å²) >= 11 is 11.6. The van der Waals surface area contributed by atoms with Crippen LogP contribution >= 0.6 is 23.8 Å². The van der Waals surface area contributed by atoms with Crippen LogP contribution in [0, 0.1) is 6.92 Å². The lowest BCUT2D eigenvalue weighted by atomic mass is 10.2. The zero-order chi connectivity index (χ0) is 26.9. The number of hydrogen-bond donors (Lipinski definition) is 2. The maximum absolute atomic E-state index is 12.7. The fourth-order valence-corrected chi connectivity index (χ4v) is 4.46. The Morgan fingerprint density at radius 1 is 1.00 bits per heavy atom. The van der Waals surface area contributed by atoms with E-state index in [1.165, 1.54) is 0 Å². The summed E-state index contributed by atoms with van der Waals surface area (Å²) in [6.07, 6.45) is 3.45. The third-order valence-electron chi connectivity index (χ3n) is 5.97. The predicted molar refractivity (Wildman–Crippen MR) is 157 cm³/mol. The van der Waals surface area contributed by atoms with Crippen LogP contribution < -0.4 is 20.3 Å². The Hall–Kier alpha value is -3.88. The van der Waals surface area contributed by atoms with Crippen LogP contribution in [-0.2, 0) is 9.59 Å². The number of thiocarbonyl (C=S) groups is 1. The molecule has 0 aromatic heterocycles. The number of hydrogen-bond acceptors (Lipinski definition) is 5. The van der Waals surface area contributed by atoms with Crippen LogP contribution in [0.1, 0.15) is 11.1 Å². The van der Waals surface area contributed by atoms with Gasteiger partial charge in [-0.15, -0.1) is 0 Å². The van der Waals surface area contributed by atoms with Crippen molar-refractivity contribution in [3.8, 4) is 5.75 Å². The molecule has 1 aliphatic rings. The molecule has 196 valence electrons. The van der Waals surface area contributed by atoms with Gasteiger partial charge < -0.3 is 19.9 Å². The molecule has 0 atom stereocenters. The summed E-state index contributed by atoms with van der Waals surface area (Å²) in [7, 11) is 0. The van der Waals surface area contributed by atoms with Crippen molar-refractivity contribution in [2.45, 2.75) is 6.92 Å². The Labute approximate surface area is 233 Å². The largest absolute Gasteiger partial charge is 0.484 e. The molecule has 1 saturated heterocycles. The fraction of sp³-hybridized carbons (Fsp3) is 0.207. The van der Waals surface area contributed by atoms with Gasteiger partial charge in [-0.25, -0.2) is 0 Å². The van der Waals surface area contributed by atoms with Crippen LogP contribution in [0.5, 0.6) is 5.75 Å². The highest BCUT2D eigenvalue weighted by molar-refractivity contribution is 7.80. The van der Waals surface area contributed by atoms with E-state index >= 15 is 0 Å². The molecule has 3 aromatic carbocycles. The standard InChI is InChI=1S/C29H29ClN4O3S/c1-21-6-5-9-24(18-21)37-20-27(35)32-29(38)31-25-19-23(30)11-12-26(25)33-14-16-34(17-15-33)28(36)13-10-22-7-3-2-4-8-22/h2-13,18-19H,14-17,20H2,1H3,(H2,31,32,35,38)/b13-10+. The second-order valence-corrected chi connectivity index (χ2v) is 9.67. The minimum Gasteiger partial charge on any atom is -0.484 e. The molecule has 1 heterocycles. The predicted octanol–water partition coefficient (Wildman–Crippen LogP) is 4.90. The number of rotatable bonds is 7. The lowest BCUT2D eigenvalue weighted by molar-refractivity contribution is -0.126. The van der Waals surface area contributed by atoms with E-state index in [0.717, 1.165) is 16.8 Å². The van der Waals surface area contributed by atoms with E-state index in [0.29, 0.717) is 42.6 Å². The molecule has 2 amide bonds. The second kappa shape index (κ2) is 13.1. The number of piperazine rings is 1. The van der Waals surface area contributed by atoms with Crippen molar-refractivity contribution >= 4 is 58.2 Å². The van der Waals surface area contributed by atoms with E-state index in [4.69, 9.17) is 28.6 Å². The Morgan fingerprint density at radius 3 is 2.50 bits per heavy atom. The molecule has 1 fully saturated rings. The van der Waals surface area contributed by atoms with Gasteiger partial charge in [0.05, 0.1) is 11.4 Å². The average Bonchev–Trinajstić information content (AvgIpc) is 2.91. The van der Waals surface area contributed by atoms with E-state index in [-0.39, 0.29) is 23.5 Å². The lowest BCUT2D eigenvalue weighted by Gasteiger charge is -2.36. The number of anilines is 2. The number of carbonyl (C=O) groups excluding carboxylic acids is 2. The zero-order valence-electron chi connectivity index (χ0n) is 21.0. The van der Waals surface area contributed by atoms with Gasteiger partial charge in [0.15, 0.2) is 11.7 Å². The summed E-state index contributed by atoms with van der Waals surface area (Å²) in [6.45, 7) is 4.24. The highest BCUT2D eigenvalue weighted by Crippen LogP contribution is 2.30. The molecule has 0 bridgehead atoms. The van der Waals surface area contributed by atoms with Crippen molar-refractivity contribution in [2.24, 2.45) is 0 Å². The van der Waals surface area contributed by atoms with Crippen LogP contribution in [0.3, 0.4) is 0 Å². The van der Waals surface area contributed by atoms with Crippen LogP contribution in [0.15, 0.2) is 78.9 Å². The van der Waals surface area contributed by atoms with Crippen LogP contribution in [0.4, 0.5) is 11.4 Å². The molecule has 9 heteroatoms. The van der Waals surface area contributed by atoms with E-state index in [9.17, 15) is 9.59 Å². The topological polar surface area (TPSA) is 73.9 Å². The number of amides is 2. The number of ether oxygens (including phenoxy) is 1. The first-order valence-corrected chi connectivity index (χ1v) is 13.0. The number of benzene rings is 3. The minimum atomic E-state index is -0.372. The monoisotopic (exact) mass is 548 g/mol. The summed E-state index contributed by atoms with van der Waals surface area (Å²) in [6, 6.07) is 22.7. The van der Waals surface area contributed by atoms with Gasteiger partial charge in [-0.05, 0) is 66.7 Å². The van der Waals surface area contributed by atoms with Gasteiger partial charge in [-0.3, -0.25) is 14.9 Å². The van der Waals surface area contributed by atoms with Crippen LogP contribution in [-0.4, -0.2) is 54.6 Å². The maximum atomic E-state index is 12.7. The molecule has 0 aliphatic carbocycles. The summed E-state index contributed by atoms with van der Waals surface area (Å²) < 4.78 is 5.54. The smallest absolute Gasteiger partial charge is 0.264 e. The Balaban J connectivity index is 1.31. The van der Waals surface area contributed by atoms with E-state index in [2.05, 4.69) is 15.5 Å². The van der Waals surface area contributed by atoms with Crippen molar-refractivity contribution in [3.63, 3.8) is 0 Å². The average molecular weight is 549 g/mol. The van der Waals surface area contributed by atoms with E-state index in [1.54, 1.807) is 24.3 Å². The summed E-state index contributed by atoms with van der Waals surface area (Å²) in [5.41, 5.74) is 3.59. The third kappa shape index (κ3) is 7.81. The first-order chi connectivity index (χ1) is 18.4. The minimum absolute atomic E-state index is 0.0141. The van der Waals surface area contributed by atoms with Crippen LogP contribution in [0.25, 0.3) is 6.08 Å². The van der Waals surface area contributed by atoms with Crippen molar-refractivity contribution in [1.29, 1.82) is 0 Å². The van der Waals surface area contributed by atoms with Gasteiger partial charge in [0, 0.05) is 37.3 Å². The number of halogens is 1. The Kier molecular flexibility index (Phi) is 9.35. The summed E-state index contributed by atoms with van der Waals surface area (Å²) in [5, 5.41) is 6.41. The molecular formula is C29H29ClN4O3S. The Morgan fingerprint density at radius 2 is 1.76 bits per heavy atom. The Bertz CT molecular complexity index is 1320. The van der Waals surface area contributed by atoms with Crippen molar-refractivity contribution in [3.05, 3.63) is 95.0 Å². The van der Waals surface area contributed by atoms with Gasteiger partial charge in [-0.1, -0.05) is 54.1 Å². The molecule has 7 nitrogen and oxygen atoms in total. The number of carbonyl (C=O) groups is 2. The molecule has 0 radical (unpaired) electrons. The highest BCUT2D eigenvalue weighted by atomic mass is 35.5. The van der Waals surface area contributed by atoms with E-state index < -0.39 is 0 Å². The normalized spacial score (nSPS) is 13.3. The fourth-order valence-electron chi connectivity index (χ4n) is 4.06. The van der Waals surface area contributed by atoms with Crippen molar-refractivity contribution < 1.29 is 14.3 Å². The van der Waals surface area contributed by atoms with Crippen molar-refractivity contribution in [2.75, 3.05) is 43.0 Å². The SMILES string of the molecule is Cc1cccc(OCC(=O)NC(=S)Nc2cc(Cl)ccc2N2CCN(C(=O)/C=C/c3ccccc3)CC2)c1. The molecule has 0 unspecified atom stereocenters. The molecule has 3 aromatic rings.